The highest BCUT2D eigenvalue weighted by molar-refractivity contribution is 5.48. The van der Waals surface area contributed by atoms with Crippen LogP contribution in [0.2, 0.25) is 0 Å². The maximum atomic E-state index is 5.62. The number of hydrogen-bond acceptors (Lipinski definition) is 4. The first kappa shape index (κ1) is 10.2. The van der Waals surface area contributed by atoms with Crippen molar-refractivity contribution in [2.24, 2.45) is 0 Å². The van der Waals surface area contributed by atoms with Gasteiger partial charge in [-0.05, 0) is 18.6 Å². The lowest BCUT2D eigenvalue weighted by atomic mass is 10.2. The predicted molar refractivity (Wildman–Crippen MR) is 60.9 cm³/mol. The van der Waals surface area contributed by atoms with E-state index in [-0.39, 0.29) is 0 Å². The zero-order chi connectivity index (χ0) is 10.7. The highest BCUT2D eigenvalue weighted by Crippen LogP contribution is 2.18. The van der Waals surface area contributed by atoms with Gasteiger partial charge < -0.3 is 15.4 Å². The molecule has 2 heterocycles. The third kappa shape index (κ3) is 2.39. The minimum absolute atomic E-state index is 0.344. The average Bonchev–Trinajstić information content (AvgIpc) is 2.30. The van der Waals surface area contributed by atoms with Gasteiger partial charge in [-0.2, -0.15) is 0 Å². The average molecular weight is 207 g/mol. The van der Waals surface area contributed by atoms with Crippen LogP contribution in [0.4, 0.5) is 11.5 Å². The van der Waals surface area contributed by atoms with E-state index in [1.54, 1.807) is 0 Å². The van der Waals surface area contributed by atoms with E-state index in [1.807, 2.05) is 18.3 Å². The Morgan fingerprint density at radius 3 is 3.13 bits per heavy atom. The largest absolute Gasteiger partial charge is 0.384 e. The van der Waals surface area contributed by atoms with Crippen LogP contribution in [-0.4, -0.2) is 30.8 Å². The van der Waals surface area contributed by atoms with Crippen LogP contribution in [0.3, 0.4) is 0 Å². The number of nitrogens with two attached hydrogens (primary N) is 1. The van der Waals surface area contributed by atoms with Crippen molar-refractivity contribution >= 4 is 11.5 Å². The van der Waals surface area contributed by atoms with Crippen LogP contribution in [0.1, 0.15) is 13.3 Å². The van der Waals surface area contributed by atoms with E-state index in [0.29, 0.717) is 11.9 Å². The van der Waals surface area contributed by atoms with Crippen molar-refractivity contribution in [3.05, 3.63) is 18.3 Å². The van der Waals surface area contributed by atoms with Crippen molar-refractivity contribution in [3.63, 3.8) is 0 Å². The summed E-state index contributed by atoms with van der Waals surface area (Å²) < 4.78 is 5.62. The molecular formula is C11H17N3O. The van der Waals surface area contributed by atoms with E-state index in [2.05, 4.69) is 16.8 Å². The van der Waals surface area contributed by atoms with E-state index < -0.39 is 0 Å². The van der Waals surface area contributed by atoms with E-state index in [9.17, 15) is 0 Å². The molecule has 1 saturated heterocycles. The molecule has 2 N–H and O–H groups in total. The summed E-state index contributed by atoms with van der Waals surface area (Å²) in [5, 5.41) is 0. The minimum atomic E-state index is 0.344. The molecule has 1 aromatic rings. The van der Waals surface area contributed by atoms with Crippen molar-refractivity contribution in [2.45, 2.75) is 19.4 Å². The lowest BCUT2D eigenvalue weighted by Gasteiger charge is -2.33. The molecular weight excluding hydrogens is 190 g/mol. The normalized spacial score (nSPS) is 21.7. The topological polar surface area (TPSA) is 51.4 Å². The Morgan fingerprint density at radius 1 is 1.60 bits per heavy atom. The zero-order valence-electron chi connectivity index (χ0n) is 9.02. The van der Waals surface area contributed by atoms with Crippen LogP contribution in [0.15, 0.2) is 18.3 Å². The third-order valence-electron chi connectivity index (χ3n) is 2.73. The summed E-state index contributed by atoms with van der Waals surface area (Å²) in [5.41, 5.74) is 6.69. The molecule has 1 unspecified atom stereocenters. The Labute approximate surface area is 90.0 Å². The van der Waals surface area contributed by atoms with Crippen LogP contribution in [0.5, 0.6) is 0 Å². The van der Waals surface area contributed by atoms with Gasteiger partial charge in [-0.15, -0.1) is 0 Å². The number of morpholine rings is 1. The first-order valence-electron chi connectivity index (χ1n) is 5.37. The van der Waals surface area contributed by atoms with E-state index in [0.717, 1.165) is 31.8 Å². The highest BCUT2D eigenvalue weighted by atomic mass is 16.5. The summed E-state index contributed by atoms with van der Waals surface area (Å²) >= 11 is 0. The third-order valence-corrected chi connectivity index (χ3v) is 2.73. The van der Waals surface area contributed by atoms with Crippen LogP contribution in [0.25, 0.3) is 0 Å². The molecule has 1 fully saturated rings. The van der Waals surface area contributed by atoms with Gasteiger partial charge in [0.05, 0.1) is 24.6 Å². The van der Waals surface area contributed by atoms with Gasteiger partial charge in [-0.1, -0.05) is 6.92 Å². The molecule has 15 heavy (non-hydrogen) atoms. The second kappa shape index (κ2) is 4.49. The van der Waals surface area contributed by atoms with Crippen LogP contribution >= 0.6 is 0 Å². The summed E-state index contributed by atoms with van der Waals surface area (Å²) in [6.07, 6.45) is 3.23. The van der Waals surface area contributed by atoms with Gasteiger partial charge >= 0.3 is 0 Å². The molecule has 0 spiro atoms. The van der Waals surface area contributed by atoms with Crippen LogP contribution in [-0.2, 0) is 4.74 Å². The van der Waals surface area contributed by atoms with Crippen molar-refractivity contribution in [1.29, 1.82) is 0 Å². The Hall–Kier alpha value is -1.29. The standard InChI is InChI=1S/C11H17N3O/c1-2-10-8-14(5-6-15-10)9-3-4-11(12)13-7-9/h3-4,7,10H,2,5-6,8H2,1H3,(H2,12,13). The van der Waals surface area contributed by atoms with E-state index in [1.165, 1.54) is 0 Å². The minimum Gasteiger partial charge on any atom is -0.384 e. The van der Waals surface area contributed by atoms with Gasteiger partial charge in [0.2, 0.25) is 0 Å². The number of aromatic nitrogens is 1. The maximum Gasteiger partial charge on any atom is 0.123 e. The number of nitrogens with zero attached hydrogens (tertiary/aromatic N) is 2. The van der Waals surface area contributed by atoms with Crippen molar-refractivity contribution in [1.82, 2.24) is 4.98 Å². The lowest BCUT2D eigenvalue weighted by Crippen LogP contribution is -2.42. The molecule has 4 nitrogen and oxygen atoms in total. The van der Waals surface area contributed by atoms with Crippen molar-refractivity contribution in [3.8, 4) is 0 Å². The summed E-state index contributed by atoms with van der Waals surface area (Å²) in [5.74, 6) is 0.569. The number of pyridine rings is 1. The van der Waals surface area contributed by atoms with Crippen LogP contribution in [0, 0.1) is 0 Å². The molecule has 1 atom stereocenters. The fourth-order valence-electron chi connectivity index (χ4n) is 1.79. The molecule has 0 aliphatic carbocycles. The Kier molecular flexibility index (Phi) is 3.06. The number of nitrogen functional groups attached to an aromatic ring is 1. The van der Waals surface area contributed by atoms with E-state index >= 15 is 0 Å². The molecule has 1 aliphatic rings. The molecule has 0 aromatic carbocycles. The summed E-state index contributed by atoms with van der Waals surface area (Å²) in [4.78, 5) is 6.40. The zero-order valence-corrected chi connectivity index (χ0v) is 9.02. The van der Waals surface area contributed by atoms with Gasteiger partial charge in [0.15, 0.2) is 0 Å². The summed E-state index contributed by atoms with van der Waals surface area (Å²) in [7, 11) is 0. The lowest BCUT2D eigenvalue weighted by molar-refractivity contribution is 0.0384. The molecule has 1 aromatic heterocycles. The fraction of sp³-hybridized carbons (Fsp3) is 0.545. The number of rotatable bonds is 2. The van der Waals surface area contributed by atoms with Gasteiger partial charge in [-0.3, -0.25) is 0 Å². The fourth-order valence-corrected chi connectivity index (χ4v) is 1.79. The number of hydrogen-bond donors (Lipinski definition) is 1. The molecule has 2 rings (SSSR count). The Bertz CT molecular complexity index is 312. The van der Waals surface area contributed by atoms with Gasteiger partial charge in [0.25, 0.3) is 0 Å². The molecule has 4 heteroatoms. The maximum absolute atomic E-state index is 5.62. The molecule has 0 radical (unpaired) electrons. The Balaban J connectivity index is 2.06. The second-order valence-corrected chi connectivity index (χ2v) is 3.79. The highest BCUT2D eigenvalue weighted by Gasteiger charge is 2.18. The number of anilines is 2. The number of ether oxygens (including phenoxy) is 1. The molecule has 0 amide bonds. The predicted octanol–water partition coefficient (Wildman–Crippen LogP) is 1.28. The molecule has 82 valence electrons. The molecule has 1 aliphatic heterocycles. The Morgan fingerprint density at radius 2 is 2.47 bits per heavy atom. The van der Waals surface area contributed by atoms with Crippen LogP contribution < -0.4 is 10.6 Å². The van der Waals surface area contributed by atoms with Gasteiger partial charge in [0.1, 0.15) is 5.82 Å². The summed E-state index contributed by atoms with van der Waals surface area (Å²) in [6, 6.07) is 3.85. The first-order chi connectivity index (χ1) is 7.29. The first-order valence-corrected chi connectivity index (χ1v) is 5.37. The van der Waals surface area contributed by atoms with E-state index in [4.69, 9.17) is 10.5 Å². The van der Waals surface area contributed by atoms with Crippen molar-refractivity contribution in [2.75, 3.05) is 30.3 Å². The second-order valence-electron chi connectivity index (χ2n) is 3.79. The molecule has 0 saturated carbocycles. The SMILES string of the molecule is CCC1CN(c2ccc(N)nc2)CCO1. The van der Waals surface area contributed by atoms with Crippen molar-refractivity contribution < 1.29 is 4.74 Å². The smallest absolute Gasteiger partial charge is 0.123 e. The van der Waals surface area contributed by atoms with Gasteiger partial charge in [0, 0.05) is 13.1 Å². The molecule has 0 bridgehead atoms. The summed E-state index contributed by atoms with van der Waals surface area (Å²) in [6.45, 7) is 4.82. The quantitative estimate of drug-likeness (QED) is 0.793. The van der Waals surface area contributed by atoms with Gasteiger partial charge in [-0.25, -0.2) is 4.98 Å². The monoisotopic (exact) mass is 207 g/mol.